The standard InChI is InChI=1S/C23H25ClN2O4/c1-29-20-9-7-17(15-21(20)30-2)23(28)25-18-11-13-26(14-12-18)22(27)10-8-16-5-3-4-6-19(16)24/h3-10,15,18H,11-14H2,1-2H3,(H,25,28)/b10-8+. The van der Waals surface area contributed by atoms with Gasteiger partial charge in [0.05, 0.1) is 14.2 Å². The third kappa shape index (κ3) is 5.33. The summed E-state index contributed by atoms with van der Waals surface area (Å²) in [6.07, 6.45) is 4.68. The molecule has 0 bridgehead atoms. The van der Waals surface area contributed by atoms with Crippen molar-refractivity contribution in [1.29, 1.82) is 0 Å². The predicted octanol–water partition coefficient (Wildman–Crippen LogP) is 3.79. The number of methoxy groups -OCH3 is 2. The van der Waals surface area contributed by atoms with Gasteiger partial charge in [-0.1, -0.05) is 29.8 Å². The molecule has 30 heavy (non-hydrogen) atoms. The van der Waals surface area contributed by atoms with Crippen molar-refractivity contribution < 1.29 is 19.1 Å². The Bertz CT molecular complexity index is 937. The minimum Gasteiger partial charge on any atom is -0.493 e. The molecule has 2 amide bonds. The topological polar surface area (TPSA) is 67.9 Å². The van der Waals surface area contributed by atoms with Gasteiger partial charge in [-0.25, -0.2) is 0 Å². The number of rotatable bonds is 6. The number of hydrogen-bond donors (Lipinski definition) is 1. The van der Waals surface area contributed by atoms with E-state index in [9.17, 15) is 9.59 Å². The molecule has 2 aromatic carbocycles. The Morgan fingerprint density at radius 1 is 1.07 bits per heavy atom. The van der Waals surface area contributed by atoms with E-state index in [1.807, 2.05) is 18.2 Å². The van der Waals surface area contributed by atoms with Gasteiger partial charge in [-0.05, 0) is 48.7 Å². The molecule has 1 N–H and O–H groups in total. The van der Waals surface area contributed by atoms with Crippen LogP contribution < -0.4 is 14.8 Å². The number of carbonyl (C=O) groups is 2. The molecule has 1 heterocycles. The highest BCUT2D eigenvalue weighted by atomic mass is 35.5. The Labute approximate surface area is 181 Å². The number of nitrogens with zero attached hydrogens (tertiary/aromatic N) is 1. The molecule has 2 aromatic rings. The zero-order valence-electron chi connectivity index (χ0n) is 17.1. The quantitative estimate of drug-likeness (QED) is 0.711. The largest absolute Gasteiger partial charge is 0.493 e. The molecule has 3 rings (SSSR count). The third-order valence-electron chi connectivity index (χ3n) is 5.10. The lowest BCUT2D eigenvalue weighted by Crippen LogP contribution is -2.46. The monoisotopic (exact) mass is 428 g/mol. The molecule has 0 aromatic heterocycles. The van der Waals surface area contributed by atoms with Gasteiger partial charge in [0.1, 0.15) is 0 Å². The van der Waals surface area contributed by atoms with E-state index in [0.717, 1.165) is 5.56 Å². The molecule has 1 saturated heterocycles. The van der Waals surface area contributed by atoms with Gasteiger partial charge in [-0.3, -0.25) is 9.59 Å². The highest BCUT2D eigenvalue weighted by Crippen LogP contribution is 2.27. The molecule has 7 heteroatoms. The Morgan fingerprint density at radius 2 is 1.77 bits per heavy atom. The van der Waals surface area contributed by atoms with Crippen molar-refractivity contribution in [3.8, 4) is 11.5 Å². The highest BCUT2D eigenvalue weighted by molar-refractivity contribution is 6.32. The number of carbonyl (C=O) groups excluding carboxylic acids is 2. The van der Waals surface area contributed by atoms with E-state index in [2.05, 4.69) is 5.32 Å². The SMILES string of the molecule is COc1ccc(C(=O)NC2CCN(C(=O)/C=C/c3ccccc3Cl)CC2)cc1OC. The summed E-state index contributed by atoms with van der Waals surface area (Å²) in [5.74, 6) is 0.862. The van der Waals surface area contributed by atoms with Crippen LogP contribution in [0.25, 0.3) is 6.08 Å². The average molecular weight is 429 g/mol. The van der Waals surface area contributed by atoms with Gasteiger partial charge in [0.25, 0.3) is 5.91 Å². The maximum absolute atomic E-state index is 12.6. The van der Waals surface area contributed by atoms with Crippen LogP contribution in [0.3, 0.4) is 0 Å². The first-order valence-corrected chi connectivity index (χ1v) is 10.1. The average Bonchev–Trinajstić information content (AvgIpc) is 2.78. The van der Waals surface area contributed by atoms with Crippen molar-refractivity contribution in [2.45, 2.75) is 18.9 Å². The van der Waals surface area contributed by atoms with Crippen molar-refractivity contribution >= 4 is 29.5 Å². The Hall–Kier alpha value is -2.99. The Kier molecular flexibility index (Phi) is 7.36. The molecule has 0 unspecified atom stereocenters. The van der Waals surface area contributed by atoms with Crippen LogP contribution in [0.5, 0.6) is 11.5 Å². The lowest BCUT2D eigenvalue weighted by atomic mass is 10.0. The van der Waals surface area contributed by atoms with Gasteiger partial charge in [0.2, 0.25) is 5.91 Å². The first kappa shape index (κ1) is 21.7. The van der Waals surface area contributed by atoms with Gasteiger partial charge in [-0.15, -0.1) is 0 Å². The number of piperidine rings is 1. The van der Waals surface area contributed by atoms with Crippen molar-refractivity contribution in [1.82, 2.24) is 10.2 Å². The van der Waals surface area contributed by atoms with Crippen LogP contribution in [0.2, 0.25) is 5.02 Å². The number of amides is 2. The van der Waals surface area contributed by atoms with E-state index in [1.54, 1.807) is 48.4 Å². The second kappa shape index (κ2) is 10.2. The van der Waals surface area contributed by atoms with E-state index in [4.69, 9.17) is 21.1 Å². The van der Waals surface area contributed by atoms with E-state index < -0.39 is 0 Å². The van der Waals surface area contributed by atoms with Crippen LogP contribution in [-0.4, -0.2) is 50.1 Å². The predicted molar refractivity (Wildman–Crippen MR) is 117 cm³/mol. The summed E-state index contributed by atoms with van der Waals surface area (Å²) >= 11 is 6.12. The number of hydrogen-bond acceptors (Lipinski definition) is 4. The zero-order valence-corrected chi connectivity index (χ0v) is 17.8. The molecule has 0 spiro atoms. The maximum Gasteiger partial charge on any atom is 0.251 e. The minimum atomic E-state index is -0.167. The van der Waals surface area contributed by atoms with E-state index in [0.29, 0.717) is 48.0 Å². The number of likely N-dealkylation sites (tertiary alicyclic amines) is 1. The second-order valence-electron chi connectivity index (χ2n) is 7.00. The lowest BCUT2D eigenvalue weighted by Gasteiger charge is -2.31. The maximum atomic E-state index is 12.6. The molecule has 0 atom stereocenters. The molecule has 158 valence electrons. The molecule has 1 aliphatic rings. The molecule has 0 aliphatic carbocycles. The number of nitrogens with one attached hydrogen (secondary N) is 1. The molecule has 0 saturated carbocycles. The van der Waals surface area contributed by atoms with Gasteiger partial charge in [0, 0.05) is 35.8 Å². The molecular weight excluding hydrogens is 404 g/mol. The first-order valence-electron chi connectivity index (χ1n) is 9.76. The van der Waals surface area contributed by atoms with Crippen LogP contribution in [0.15, 0.2) is 48.5 Å². The Morgan fingerprint density at radius 3 is 2.43 bits per heavy atom. The zero-order chi connectivity index (χ0) is 21.5. The van der Waals surface area contributed by atoms with Crippen molar-refractivity contribution in [2.24, 2.45) is 0 Å². The van der Waals surface area contributed by atoms with Gasteiger partial charge < -0.3 is 19.7 Å². The van der Waals surface area contributed by atoms with Crippen LogP contribution in [-0.2, 0) is 4.79 Å². The second-order valence-corrected chi connectivity index (χ2v) is 7.40. The third-order valence-corrected chi connectivity index (χ3v) is 5.44. The first-order chi connectivity index (χ1) is 14.5. The van der Waals surface area contributed by atoms with Gasteiger partial charge in [-0.2, -0.15) is 0 Å². The van der Waals surface area contributed by atoms with E-state index in [1.165, 1.54) is 7.11 Å². The minimum absolute atomic E-state index is 0.0159. The highest BCUT2D eigenvalue weighted by Gasteiger charge is 2.23. The van der Waals surface area contributed by atoms with Crippen LogP contribution in [0.1, 0.15) is 28.8 Å². The lowest BCUT2D eigenvalue weighted by molar-refractivity contribution is -0.126. The summed E-state index contributed by atoms with van der Waals surface area (Å²) in [7, 11) is 3.09. The summed E-state index contributed by atoms with van der Waals surface area (Å²) in [5.41, 5.74) is 1.32. The van der Waals surface area contributed by atoms with E-state index in [-0.39, 0.29) is 17.9 Å². The van der Waals surface area contributed by atoms with E-state index >= 15 is 0 Å². The summed E-state index contributed by atoms with van der Waals surface area (Å²) in [5, 5.41) is 3.65. The smallest absolute Gasteiger partial charge is 0.251 e. The fourth-order valence-electron chi connectivity index (χ4n) is 3.37. The number of ether oxygens (including phenoxy) is 2. The molecule has 1 aliphatic heterocycles. The summed E-state index contributed by atoms with van der Waals surface area (Å²) < 4.78 is 10.5. The van der Waals surface area contributed by atoms with Crippen LogP contribution in [0, 0.1) is 0 Å². The molecule has 1 fully saturated rings. The summed E-state index contributed by atoms with van der Waals surface area (Å²) in [4.78, 5) is 26.8. The van der Waals surface area contributed by atoms with Gasteiger partial charge in [0.15, 0.2) is 11.5 Å². The summed E-state index contributed by atoms with van der Waals surface area (Å²) in [6, 6.07) is 12.5. The fraction of sp³-hybridized carbons (Fsp3) is 0.304. The molecule has 0 radical (unpaired) electrons. The van der Waals surface area contributed by atoms with Gasteiger partial charge >= 0.3 is 0 Å². The number of halogens is 1. The normalized spacial score (nSPS) is 14.6. The fourth-order valence-corrected chi connectivity index (χ4v) is 3.57. The van der Waals surface area contributed by atoms with Crippen molar-refractivity contribution in [3.63, 3.8) is 0 Å². The Balaban J connectivity index is 1.52. The van der Waals surface area contributed by atoms with Crippen molar-refractivity contribution in [3.05, 3.63) is 64.7 Å². The molecular formula is C23H25ClN2O4. The molecule has 6 nitrogen and oxygen atoms in total. The van der Waals surface area contributed by atoms with Crippen molar-refractivity contribution in [2.75, 3.05) is 27.3 Å². The van der Waals surface area contributed by atoms with Crippen LogP contribution >= 0.6 is 11.6 Å². The van der Waals surface area contributed by atoms with Crippen LogP contribution in [0.4, 0.5) is 0 Å². The number of benzene rings is 2. The summed E-state index contributed by atoms with van der Waals surface area (Å²) in [6.45, 7) is 1.17.